The smallest absolute Gasteiger partial charge is 0.154 e. The number of rotatable bonds is 12. The predicted molar refractivity (Wildman–Crippen MR) is 142 cm³/mol. The van der Waals surface area contributed by atoms with Crippen LogP contribution in [0, 0.1) is 5.41 Å². The molecule has 0 radical (unpaired) electrons. The van der Waals surface area contributed by atoms with E-state index in [1.165, 1.54) is 6.21 Å². The van der Waals surface area contributed by atoms with Gasteiger partial charge >= 0.3 is 0 Å². The summed E-state index contributed by atoms with van der Waals surface area (Å²) in [5, 5.41) is 22.7. The van der Waals surface area contributed by atoms with E-state index >= 15 is 0 Å². The van der Waals surface area contributed by atoms with Crippen LogP contribution in [0.25, 0.3) is 16.6 Å². The van der Waals surface area contributed by atoms with Gasteiger partial charge in [-0.05, 0) is 35.7 Å². The Hall–Kier alpha value is -3.47. The maximum atomic E-state index is 7.91. The van der Waals surface area contributed by atoms with E-state index in [0.29, 0.717) is 35.8 Å². The number of methoxy groups -OCH3 is 2. The zero-order chi connectivity index (χ0) is 25.5. The Morgan fingerprint density at radius 3 is 2.72 bits per heavy atom. The molecule has 190 valence electrons. The second-order valence-corrected chi connectivity index (χ2v) is 9.20. The Morgan fingerprint density at radius 2 is 2.00 bits per heavy atom. The summed E-state index contributed by atoms with van der Waals surface area (Å²) in [5.41, 5.74) is 4.10. The molecule has 0 aromatic carbocycles. The number of nitrogens with one attached hydrogen (secondary N) is 3. The lowest BCUT2D eigenvalue weighted by atomic mass is 10.1. The molecule has 1 saturated heterocycles. The summed E-state index contributed by atoms with van der Waals surface area (Å²) < 4.78 is 11.0. The average Bonchev–Trinajstić information content (AvgIpc) is 2.87. The minimum Gasteiger partial charge on any atom is -0.388 e. The third-order valence-corrected chi connectivity index (χ3v) is 6.28. The third kappa shape index (κ3) is 6.39. The molecule has 10 nitrogen and oxygen atoms in total. The predicted octanol–water partition coefficient (Wildman–Crippen LogP) is 3.21. The monoisotopic (exact) mass is 490 g/mol. The van der Waals surface area contributed by atoms with E-state index in [2.05, 4.69) is 44.6 Å². The van der Waals surface area contributed by atoms with E-state index < -0.39 is 0 Å². The first-order chi connectivity index (χ1) is 17.5. The van der Waals surface area contributed by atoms with Crippen molar-refractivity contribution in [1.82, 2.24) is 30.4 Å². The van der Waals surface area contributed by atoms with Crippen LogP contribution in [0.3, 0.4) is 0 Å². The molecule has 4 heterocycles. The molecule has 4 rings (SSSR count). The normalized spacial score (nSPS) is 15.6. The van der Waals surface area contributed by atoms with Gasteiger partial charge in [0.2, 0.25) is 0 Å². The molecule has 3 N–H and O–H groups in total. The van der Waals surface area contributed by atoms with Gasteiger partial charge in [0.15, 0.2) is 5.82 Å². The van der Waals surface area contributed by atoms with Crippen LogP contribution in [0.15, 0.2) is 42.9 Å². The maximum absolute atomic E-state index is 7.91. The molecular weight excluding hydrogens is 456 g/mol. The maximum Gasteiger partial charge on any atom is 0.154 e. The van der Waals surface area contributed by atoms with Gasteiger partial charge in [0.25, 0.3) is 0 Å². The summed E-state index contributed by atoms with van der Waals surface area (Å²) in [6.07, 6.45) is 7.02. The van der Waals surface area contributed by atoms with Gasteiger partial charge in [0.05, 0.1) is 29.4 Å². The number of fused-ring (bicyclic) bond motifs is 1. The van der Waals surface area contributed by atoms with E-state index in [1.807, 2.05) is 30.5 Å². The Kier molecular flexibility index (Phi) is 8.52. The molecule has 0 spiro atoms. The minimum atomic E-state index is 0.0355. The van der Waals surface area contributed by atoms with E-state index in [4.69, 9.17) is 19.9 Å². The highest BCUT2D eigenvalue weighted by molar-refractivity contribution is 6.08. The zero-order valence-electron chi connectivity index (χ0n) is 21.2. The highest BCUT2D eigenvalue weighted by Crippen LogP contribution is 2.22. The highest BCUT2D eigenvalue weighted by Gasteiger charge is 2.28. The quantitative estimate of drug-likeness (QED) is 0.329. The number of pyridine rings is 2. The van der Waals surface area contributed by atoms with Crippen LogP contribution in [0.5, 0.6) is 0 Å². The van der Waals surface area contributed by atoms with E-state index in [1.54, 1.807) is 26.6 Å². The number of likely N-dealkylation sites (tertiary alicyclic amines) is 1. The fourth-order valence-corrected chi connectivity index (χ4v) is 3.96. The van der Waals surface area contributed by atoms with E-state index in [-0.39, 0.29) is 6.10 Å². The number of hydrogen-bond donors (Lipinski definition) is 3. The van der Waals surface area contributed by atoms with Gasteiger partial charge in [0.1, 0.15) is 5.82 Å². The third-order valence-electron chi connectivity index (χ3n) is 6.28. The largest absolute Gasteiger partial charge is 0.388 e. The van der Waals surface area contributed by atoms with Crippen molar-refractivity contribution >= 4 is 34.5 Å². The average molecular weight is 491 g/mol. The molecule has 1 unspecified atom stereocenters. The number of nitrogens with zero attached hydrogens (tertiary/aromatic N) is 5. The molecular formula is C26H34N8O2. The fraction of sp³-hybridized carbons (Fsp3) is 0.423. The summed E-state index contributed by atoms with van der Waals surface area (Å²) >= 11 is 0. The molecule has 3 aromatic rings. The summed E-state index contributed by atoms with van der Waals surface area (Å²) in [6, 6.07) is 7.69. The number of ether oxygens (including phenoxy) is 2. The van der Waals surface area contributed by atoms with Crippen molar-refractivity contribution in [3.8, 4) is 0 Å². The van der Waals surface area contributed by atoms with Gasteiger partial charge in [-0.1, -0.05) is 13.8 Å². The Labute approximate surface area is 211 Å². The van der Waals surface area contributed by atoms with Crippen molar-refractivity contribution in [2.45, 2.75) is 32.0 Å². The minimum absolute atomic E-state index is 0.0355. The van der Waals surface area contributed by atoms with Crippen LogP contribution < -0.4 is 10.6 Å². The van der Waals surface area contributed by atoms with Crippen LogP contribution in [-0.4, -0.2) is 83.9 Å². The molecule has 3 aromatic heterocycles. The highest BCUT2D eigenvalue weighted by atomic mass is 16.5. The van der Waals surface area contributed by atoms with Crippen molar-refractivity contribution < 1.29 is 9.47 Å². The lowest BCUT2D eigenvalue weighted by Gasteiger charge is -2.39. The van der Waals surface area contributed by atoms with Gasteiger partial charge < -0.3 is 25.5 Å². The standard InChI is InChI=1S/C26H34N8O2/c1-17(2)18-8-26(33-30-12-18)32-25-6-5-23-24(31-25)7-19(11-29-23)20(9-27)10-28-13-21(35-3)14-34-15-22(16-34)36-4/h5-12,17,21-22,27-28H,13-16H2,1-4H3,(H,31,32,33)/b20-10+,27-9?. The molecule has 1 aliphatic heterocycles. The summed E-state index contributed by atoms with van der Waals surface area (Å²) in [7, 11) is 3.46. The second kappa shape index (κ2) is 12.0. The van der Waals surface area contributed by atoms with Gasteiger partial charge in [-0.2, -0.15) is 5.10 Å². The van der Waals surface area contributed by atoms with Crippen LogP contribution >= 0.6 is 0 Å². The number of allylic oxidation sites excluding steroid dienone is 1. The summed E-state index contributed by atoms with van der Waals surface area (Å²) in [6.45, 7) is 7.56. The van der Waals surface area contributed by atoms with Crippen molar-refractivity contribution in [2.75, 3.05) is 45.7 Å². The number of anilines is 2. The Morgan fingerprint density at radius 1 is 1.17 bits per heavy atom. The van der Waals surface area contributed by atoms with Gasteiger partial charge in [-0.25, -0.2) is 4.98 Å². The van der Waals surface area contributed by atoms with E-state index in [9.17, 15) is 0 Å². The van der Waals surface area contributed by atoms with Gasteiger partial charge in [-0.3, -0.25) is 9.88 Å². The molecule has 1 atom stereocenters. The van der Waals surface area contributed by atoms with Crippen molar-refractivity contribution in [2.24, 2.45) is 0 Å². The first kappa shape index (κ1) is 25.6. The molecule has 1 fully saturated rings. The SMILES string of the molecule is COC(CN/C=C(\C=N)c1cnc2ccc(Nc3cc(C(C)C)cnn3)nc2c1)CN1CC(OC)C1. The first-order valence-electron chi connectivity index (χ1n) is 12.1. The molecule has 0 amide bonds. The van der Waals surface area contributed by atoms with Gasteiger partial charge in [-0.15, -0.1) is 5.10 Å². The van der Waals surface area contributed by atoms with Crippen molar-refractivity contribution in [3.05, 3.63) is 54.0 Å². The van der Waals surface area contributed by atoms with Crippen molar-refractivity contribution in [1.29, 1.82) is 5.41 Å². The molecule has 10 heteroatoms. The lowest BCUT2D eigenvalue weighted by Crippen LogP contribution is -2.55. The zero-order valence-corrected chi connectivity index (χ0v) is 21.2. The Balaban J connectivity index is 1.43. The van der Waals surface area contributed by atoms with Crippen LogP contribution in [0.1, 0.15) is 30.9 Å². The second-order valence-electron chi connectivity index (χ2n) is 9.20. The van der Waals surface area contributed by atoms with Crippen molar-refractivity contribution in [3.63, 3.8) is 0 Å². The molecule has 1 aliphatic rings. The number of hydrogen-bond acceptors (Lipinski definition) is 10. The molecule has 0 aliphatic carbocycles. The topological polar surface area (TPSA) is 121 Å². The lowest BCUT2D eigenvalue weighted by molar-refractivity contribution is -0.0513. The van der Waals surface area contributed by atoms with E-state index in [0.717, 1.165) is 41.8 Å². The van der Waals surface area contributed by atoms with Gasteiger partial charge in [0, 0.05) is 70.1 Å². The summed E-state index contributed by atoms with van der Waals surface area (Å²) in [5.74, 6) is 1.65. The molecule has 36 heavy (non-hydrogen) atoms. The van der Waals surface area contributed by atoms with Crippen LogP contribution in [0.4, 0.5) is 11.6 Å². The Bertz CT molecular complexity index is 1210. The molecule has 0 saturated carbocycles. The first-order valence-corrected chi connectivity index (χ1v) is 12.1. The fourth-order valence-electron chi connectivity index (χ4n) is 3.96. The molecule has 0 bridgehead atoms. The van der Waals surface area contributed by atoms with Crippen LogP contribution in [0.2, 0.25) is 0 Å². The van der Waals surface area contributed by atoms with Crippen LogP contribution in [-0.2, 0) is 9.47 Å². The number of aromatic nitrogens is 4. The summed E-state index contributed by atoms with van der Waals surface area (Å²) in [4.78, 5) is 11.5.